The molecule has 7 heteroatoms. The van der Waals surface area contributed by atoms with Gasteiger partial charge in [-0.15, -0.1) is 0 Å². The van der Waals surface area contributed by atoms with Gasteiger partial charge in [0.05, 0.1) is 0 Å². The molecule has 35 heavy (non-hydrogen) atoms. The number of fused-ring (bicyclic) bond motifs is 5. The predicted octanol–water partition coefficient (Wildman–Crippen LogP) is 6.53. The van der Waals surface area contributed by atoms with Crippen LogP contribution in [0.1, 0.15) is 103 Å². The van der Waals surface area contributed by atoms with Gasteiger partial charge in [-0.3, -0.25) is 4.79 Å². The van der Waals surface area contributed by atoms with Crippen molar-refractivity contribution in [2.24, 2.45) is 45.8 Å². The molecule has 1 aromatic rings. The van der Waals surface area contributed by atoms with Gasteiger partial charge in [-0.1, -0.05) is 20.8 Å². The minimum atomic E-state index is -1.37. The lowest BCUT2D eigenvalue weighted by Gasteiger charge is -2.62. The summed E-state index contributed by atoms with van der Waals surface area (Å²) < 4.78 is 15.7. The van der Waals surface area contributed by atoms with Crippen LogP contribution in [0.4, 0.5) is 4.79 Å². The summed E-state index contributed by atoms with van der Waals surface area (Å²) in [6.07, 6.45) is 7.20. The number of Topliss-reactive ketones (excluding diaryl/α,β-unsaturated/α-hetero) is 1. The van der Waals surface area contributed by atoms with E-state index in [1.54, 1.807) is 13.8 Å². The van der Waals surface area contributed by atoms with Gasteiger partial charge in [0, 0.05) is 11.3 Å². The van der Waals surface area contributed by atoms with Crippen LogP contribution in [0.3, 0.4) is 0 Å². The molecule has 4 saturated carbocycles. The Morgan fingerprint density at radius 3 is 2.31 bits per heavy atom. The van der Waals surface area contributed by atoms with E-state index in [0.717, 1.165) is 38.5 Å². The molecule has 1 unspecified atom stereocenters. The molecule has 0 saturated heterocycles. The number of ether oxygens (including phenoxy) is 1. The molecular weight excluding hydrogens is 448 g/mol. The first-order valence-electron chi connectivity index (χ1n) is 13.4. The first-order chi connectivity index (χ1) is 16.4. The second-order valence-corrected chi connectivity index (χ2v) is 12.9. The standard InChI is InChI=1S/C28H40O7/c1-15(29)19-8-9-20-18-7-6-17-14-26(3,12-13-27(17,4)21(18)10-11-28(19,20)5)23(35-24(30)31)22-16(2)33-25(32)34-22/h17-21,23H,6-14H2,1-5H3,(H,30,31)/t17-,18-,19+,20-,21-,23?,26+,27-,28+/m0/s1. The highest BCUT2D eigenvalue weighted by atomic mass is 16.7. The Bertz CT molecular complexity index is 1070. The minimum Gasteiger partial charge on any atom is -0.450 e. The SMILES string of the molecule is CC(=O)[C@H]1CC[C@H]2[C@@H]3CC[C@H]4C[C@](C)(C(OC(=O)O)c5oc(=O)oc5C)CC[C@]4(C)[C@H]3CC[C@]12C. The summed E-state index contributed by atoms with van der Waals surface area (Å²) in [6, 6.07) is 0. The average Bonchev–Trinajstić information content (AvgIpc) is 3.30. The first kappa shape index (κ1) is 24.6. The van der Waals surface area contributed by atoms with Gasteiger partial charge in [0.2, 0.25) is 0 Å². The second kappa shape index (κ2) is 8.24. The fourth-order valence-corrected chi connectivity index (χ4v) is 9.59. The van der Waals surface area contributed by atoms with E-state index in [0.29, 0.717) is 29.5 Å². The molecule has 194 valence electrons. The lowest BCUT2D eigenvalue weighted by atomic mass is 9.42. The van der Waals surface area contributed by atoms with Crippen LogP contribution in [0.5, 0.6) is 0 Å². The van der Waals surface area contributed by atoms with Crippen LogP contribution in [0.15, 0.2) is 13.6 Å². The van der Waals surface area contributed by atoms with E-state index >= 15 is 0 Å². The van der Waals surface area contributed by atoms with Crippen molar-refractivity contribution in [2.45, 2.75) is 98.5 Å². The van der Waals surface area contributed by atoms with Crippen molar-refractivity contribution in [1.29, 1.82) is 0 Å². The molecule has 9 atom stereocenters. The van der Waals surface area contributed by atoms with Crippen molar-refractivity contribution in [3.05, 3.63) is 22.1 Å². The third-order valence-corrected chi connectivity index (χ3v) is 11.4. The van der Waals surface area contributed by atoms with E-state index in [4.69, 9.17) is 13.6 Å². The Balaban J connectivity index is 1.41. The number of hydrogen-bond donors (Lipinski definition) is 1. The van der Waals surface area contributed by atoms with Gasteiger partial charge in [0.15, 0.2) is 17.6 Å². The molecule has 1 aromatic heterocycles. The molecule has 0 aromatic carbocycles. The average molecular weight is 489 g/mol. The van der Waals surface area contributed by atoms with Crippen LogP contribution in [0, 0.1) is 52.8 Å². The monoisotopic (exact) mass is 488 g/mol. The summed E-state index contributed by atoms with van der Waals surface area (Å²) in [7, 11) is 0. The van der Waals surface area contributed by atoms with Gasteiger partial charge in [-0.2, -0.15) is 0 Å². The van der Waals surface area contributed by atoms with Gasteiger partial charge in [0.1, 0.15) is 5.78 Å². The van der Waals surface area contributed by atoms with Gasteiger partial charge < -0.3 is 18.7 Å². The summed E-state index contributed by atoms with van der Waals surface area (Å²) in [4.78, 5) is 35.8. The summed E-state index contributed by atoms with van der Waals surface area (Å²) in [5.41, 5.74) is -0.134. The van der Waals surface area contributed by atoms with Crippen LogP contribution < -0.4 is 5.82 Å². The molecule has 5 rings (SSSR count). The van der Waals surface area contributed by atoms with Crippen molar-refractivity contribution < 1.29 is 28.3 Å². The summed E-state index contributed by atoms with van der Waals surface area (Å²) in [6.45, 7) is 10.3. The number of carbonyl (C=O) groups excluding carboxylic acids is 1. The fourth-order valence-electron chi connectivity index (χ4n) is 9.59. The lowest BCUT2D eigenvalue weighted by Crippen LogP contribution is -2.55. The topological polar surface area (TPSA) is 107 Å². The third kappa shape index (κ3) is 3.71. The number of aryl methyl sites for hydroxylation is 1. The maximum atomic E-state index is 12.4. The molecule has 1 heterocycles. The zero-order valence-electron chi connectivity index (χ0n) is 21.7. The summed E-state index contributed by atoms with van der Waals surface area (Å²) in [5, 5.41) is 9.50. The number of carboxylic acid groups (broad SMARTS) is 1. The fraction of sp³-hybridized carbons (Fsp3) is 0.821. The summed E-state index contributed by atoms with van der Waals surface area (Å²) >= 11 is 0. The maximum Gasteiger partial charge on any atom is 0.519 e. The molecule has 4 aliphatic carbocycles. The number of carbonyl (C=O) groups is 2. The number of hydrogen-bond acceptors (Lipinski definition) is 6. The van der Waals surface area contributed by atoms with Gasteiger partial charge in [-0.05, 0) is 106 Å². The number of rotatable bonds is 4. The minimum absolute atomic E-state index is 0.149. The zero-order valence-corrected chi connectivity index (χ0v) is 21.7. The highest BCUT2D eigenvalue weighted by Crippen LogP contribution is 2.69. The van der Waals surface area contributed by atoms with E-state index in [1.807, 2.05) is 0 Å². The smallest absolute Gasteiger partial charge is 0.450 e. The largest absolute Gasteiger partial charge is 0.519 e. The maximum absolute atomic E-state index is 12.4. The molecule has 0 aliphatic heterocycles. The molecule has 1 N–H and O–H groups in total. The van der Waals surface area contributed by atoms with Crippen molar-refractivity contribution in [1.82, 2.24) is 0 Å². The van der Waals surface area contributed by atoms with Crippen molar-refractivity contribution in [3.8, 4) is 0 Å². The highest BCUT2D eigenvalue weighted by molar-refractivity contribution is 5.79. The van der Waals surface area contributed by atoms with E-state index in [9.17, 15) is 19.5 Å². The Hall–Kier alpha value is -2.05. The van der Waals surface area contributed by atoms with Crippen LogP contribution >= 0.6 is 0 Å². The van der Waals surface area contributed by atoms with Gasteiger partial charge in [-0.25, -0.2) is 9.59 Å². The quantitative estimate of drug-likeness (QED) is 0.480. The van der Waals surface area contributed by atoms with Gasteiger partial charge >= 0.3 is 12.0 Å². The summed E-state index contributed by atoms with van der Waals surface area (Å²) in [5.74, 6) is 2.64. The van der Waals surface area contributed by atoms with Crippen LogP contribution in [-0.2, 0) is 9.53 Å². The Morgan fingerprint density at radius 1 is 0.971 bits per heavy atom. The Labute approximate surface area is 207 Å². The lowest BCUT2D eigenvalue weighted by molar-refractivity contribution is -0.152. The van der Waals surface area contributed by atoms with Crippen molar-refractivity contribution in [2.75, 3.05) is 0 Å². The molecule has 4 fully saturated rings. The predicted molar refractivity (Wildman–Crippen MR) is 128 cm³/mol. The Morgan fingerprint density at radius 2 is 1.69 bits per heavy atom. The van der Waals surface area contributed by atoms with Crippen molar-refractivity contribution in [3.63, 3.8) is 0 Å². The van der Waals surface area contributed by atoms with Gasteiger partial charge in [0.25, 0.3) is 0 Å². The van der Waals surface area contributed by atoms with Crippen molar-refractivity contribution >= 4 is 11.9 Å². The molecule has 0 spiro atoms. The second-order valence-electron chi connectivity index (χ2n) is 12.9. The molecule has 4 aliphatic rings. The first-order valence-corrected chi connectivity index (χ1v) is 13.4. The van der Waals surface area contributed by atoms with Crippen LogP contribution in [-0.4, -0.2) is 17.0 Å². The molecule has 7 nitrogen and oxygen atoms in total. The third-order valence-electron chi connectivity index (χ3n) is 11.4. The molecule has 0 amide bonds. The van der Waals surface area contributed by atoms with Crippen LogP contribution in [0.2, 0.25) is 0 Å². The molecule has 0 bridgehead atoms. The highest BCUT2D eigenvalue weighted by Gasteiger charge is 2.62. The zero-order chi connectivity index (χ0) is 25.3. The Kier molecular flexibility index (Phi) is 5.80. The van der Waals surface area contributed by atoms with E-state index in [2.05, 4.69) is 20.8 Å². The van der Waals surface area contributed by atoms with E-state index in [1.165, 1.54) is 19.3 Å². The van der Waals surface area contributed by atoms with E-state index < -0.39 is 23.5 Å². The normalized spacial score (nSPS) is 43.5. The molecule has 0 radical (unpaired) electrons. The molecular formula is C28H40O7. The van der Waals surface area contributed by atoms with Crippen LogP contribution in [0.25, 0.3) is 0 Å². The number of ketones is 1. The van der Waals surface area contributed by atoms with E-state index in [-0.39, 0.29) is 28.3 Å².